The van der Waals surface area contributed by atoms with E-state index in [-0.39, 0.29) is 0 Å². The molecule has 0 amide bonds. The SMILES string of the molecule is CN=C(NCc1ccc(N2CCOCC2)cc1)NCc1ccc(C)s1. The zero-order valence-electron chi connectivity index (χ0n) is 14.9. The van der Waals surface area contributed by atoms with Crippen LogP contribution in [0.25, 0.3) is 0 Å². The first-order valence-corrected chi connectivity index (χ1v) is 9.48. The van der Waals surface area contributed by atoms with E-state index in [1.165, 1.54) is 21.0 Å². The van der Waals surface area contributed by atoms with Crippen molar-refractivity contribution in [2.24, 2.45) is 4.99 Å². The van der Waals surface area contributed by atoms with E-state index in [9.17, 15) is 0 Å². The van der Waals surface area contributed by atoms with Gasteiger partial charge in [0.1, 0.15) is 0 Å². The Balaban J connectivity index is 1.47. The van der Waals surface area contributed by atoms with Crippen molar-refractivity contribution in [3.63, 3.8) is 0 Å². The molecule has 5 nitrogen and oxygen atoms in total. The fourth-order valence-corrected chi connectivity index (χ4v) is 3.63. The van der Waals surface area contributed by atoms with Gasteiger partial charge < -0.3 is 20.3 Å². The third-order valence-electron chi connectivity index (χ3n) is 4.22. The summed E-state index contributed by atoms with van der Waals surface area (Å²) in [6, 6.07) is 13.0. The number of nitrogens with one attached hydrogen (secondary N) is 2. The van der Waals surface area contributed by atoms with Crippen molar-refractivity contribution < 1.29 is 4.74 Å². The molecule has 25 heavy (non-hydrogen) atoms. The van der Waals surface area contributed by atoms with Crippen molar-refractivity contribution in [2.75, 3.05) is 38.3 Å². The fraction of sp³-hybridized carbons (Fsp3) is 0.421. The molecule has 3 rings (SSSR count). The standard InChI is InChI=1S/C19H26N4OS/c1-15-3-8-18(25-15)14-22-19(20-2)21-13-16-4-6-17(7-5-16)23-9-11-24-12-10-23/h3-8H,9-14H2,1-2H3,(H2,20,21,22). The van der Waals surface area contributed by atoms with Crippen molar-refractivity contribution in [1.29, 1.82) is 0 Å². The number of aryl methyl sites for hydroxylation is 1. The van der Waals surface area contributed by atoms with Gasteiger partial charge in [-0.15, -0.1) is 11.3 Å². The van der Waals surface area contributed by atoms with Crippen LogP contribution < -0.4 is 15.5 Å². The maximum absolute atomic E-state index is 5.41. The van der Waals surface area contributed by atoms with E-state index in [0.29, 0.717) is 0 Å². The third kappa shape index (κ3) is 5.21. The predicted molar refractivity (Wildman–Crippen MR) is 106 cm³/mol. The van der Waals surface area contributed by atoms with E-state index in [1.807, 2.05) is 11.3 Å². The molecule has 1 aromatic carbocycles. The normalized spacial score (nSPS) is 15.3. The van der Waals surface area contributed by atoms with Crippen LogP contribution in [0, 0.1) is 6.92 Å². The number of hydrogen-bond acceptors (Lipinski definition) is 4. The van der Waals surface area contributed by atoms with Crippen LogP contribution in [0.3, 0.4) is 0 Å². The number of guanidine groups is 1. The predicted octanol–water partition coefficient (Wildman–Crippen LogP) is 2.76. The second-order valence-electron chi connectivity index (χ2n) is 6.06. The first-order chi connectivity index (χ1) is 12.2. The molecule has 1 aromatic heterocycles. The van der Waals surface area contributed by atoms with E-state index in [0.717, 1.165) is 45.4 Å². The second kappa shape index (κ2) is 8.87. The highest BCUT2D eigenvalue weighted by atomic mass is 32.1. The monoisotopic (exact) mass is 358 g/mol. The summed E-state index contributed by atoms with van der Waals surface area (Å²) in [6.07, 6.45) is 0. The Bertz CT molecular complexity index is 690. The summed E-state index contributed by atoms with van der Waals surface area (Å²) in [5.74, 6) is 0.823. The van der Waals surface area contributed by atoms with E-state index >= 15 is 0 Å². The Kier molecular flexibility index (Phi) is 6.30. The van der Waals surface area contributed by atoms with Gasteiger partial charge in [-0.1, -0.05) is 12.1 Å². The van der Waals surface area contributed by atoms with Gasteiger partial charge in [-0.2, -0.15) is 0 Å². The maximum Gasteiger partial charge on any atom is 0.191 e. The second-order valence-corrected chi connectivity index (χ2v) is 7.43. The molecule has 0 aliphatic carbocycles. The van der Waals surface area contributed by atoms with Crippen LogP contribution in [0.15, 0.2) is 41.4 Å². The van der Waals surface area contributed by atoms with Crippen LogP contribution in [0.4, 0.5) is 5.69 Å². The van der Waals surface area contributed by atoms with E-state index in [2.05, 4.69) is 63.8 Å². The summed E-state index contributed by atoms with van der Waals surface area (Å²) in [5.41, 5.74) is 2.51. The molecule has 0 bridgehead atoms. The summed E-state index contributed by atoms with van der Waals surface area (Å²) < 4.78 is 5.41. The number of ether oxygens (including phenoxy) is 1. The molecule has 134 valence electrons. The van der Waals surface area contributed by atoms with Gasteiger partial charge in [-0.05, 0) is 36.8 Å². The Morgan fingerprint density at radius 2 is 1.80 bits per heavy atom. The largest absolute Gasteiger partial charge is 0.378 e. The number of anilines is 1. The average molecular weight is 359 g/mol. The van der Waals surface area contributed by atoms with Crippen LogP contribution >= 0.6 is 11.3 Å². The molecule has 1 fully saturated rings. The molecule has 2 heterocycles. The lowest BCUT2D eigenvalue weighted by molar-refractivity contribution is 0.122. The molecule has 1 saturated heterocycles. The van der Waals surface area contributed by atoms with Gasteiger partial charge in [0.2, 0.25) is 0 Å². The minimum atomic E-state index is 0.756. The molecule has 0 unspecified atom stereocenters. The van der Waals surface area contributed by atoms with Gasteiger partial charge in [0, 0.05) is 42.1 Å². The zero-order valence-corrected chi connectivity index (χ0v) is 15.7. The van der Waals surface area contributed by atoms with Crippen molar-refractivity contribution >= 4 is 23.0 Å². The molecule has 0 saturated carbocycles. The summed E-state index contributed by atoms with van der Waals surface area (Å²) in [6.45, 7) is 7.25. The molecule has 2 aromatic rings. The van der Waals surface area contributed by atoms with E-state index in [1.54, 1.807) is 7.05 Å². The molecule has 2 N–H and O–H groups in total. The molecule has 1 aliphatic rings. The van der Waals surface area contributed by atoms with Crippen LogP contribution in [0.5, 0.6) is 0 Å². The molecule has 0 spiro atoms. The van der Waals surface area contributed by atoms with Crippen molar-refractivity contribution in [1.82, 2.24) is 10.6 Å². The quantitative estimate of drug-likeness (QED) is 0.637. The topological polar surface area (TPSA) is 48.9 Å². The minimum Gasteiger partial charge on any atom is -0.378 e. The summed E-state index contributed by atoms with van der Waals surface area (Å²) in [5, 5.41) is 6.73. The van der Waals surface area contributed by atoms with Gasteiger partial charge in [0.05, 0.1) is 19.8 Å². The fourth-order valence-electron chi connectivity index (χ4n) is 2.80. The van der Waals surface area contributed by atoms with Crippen molar-refractivity contribution in [3.8, 4) is 0 Å². The minimum absolute atomic E-state index is 0.756. The number of hydrogen-bond donors (Lipinski definition) is 2. The van der Waals surface area contributed by atoms with Gasteiger partial charge in [-0.25, -0.2) is 0 Å². The first kappa shape index (κ1) is 17.8. The average Bonchev–Trinajstić information content (AvgIpc) is 3.08. The maximum atomic E-state index is 5.41. The molecular formula is C19H26N4OS. The van der Waals surface area contributed by atoms with Gasteiger partial charge in [0.25, 0.3) is 0 Å². The molecule has 0 radical (unpaired) electrons. The summed E-state index contributed by atoms with van der Waals surface area (Å²) >= 11 is 1.81. The van der Waals surface area contributed by atoms with Crippen molar-refractivity contribution in [3.05, 3.63) is 51.7 Å². The highest BCUT2D eigenvalue weighted by Gasteiger charge is 2.10. The molecular weight excluding hydrogens is 332 g/mol. The third-order valence-corrected chi connectivity index (χ3v) is 5.22. The van der Waals surface area contributed by atoms with Gasteiger partial charge in [0.15, 0.2) is 5.96 Å². The van der Waals surface area contributed by atoms with E-state index in [4.69, 9.17) is 4.74 Å². The van der Waals surface area contributed by atoms with Gasteiger partial charge >= 0.3 is 0 Å². The lowest BCUT2D eigenvalue weighted by atomic mass is 10.2. The number of aliphatic imine (C=N–C) groups is 1. The first-order valence-electron chi connectivity index (χ1n) is 8.66. The van der Waals surface area contributed by atoms with Crippen LogP contribution in [-0.4, -0.2) is 39.3 Å². The Morgan fingerprint density at radius 1 is 1.08 bits per heavy atom. The van der Waals surface area contributed by atoms with E-state index < -0.39 is 0 Å². The highest BCUT2D eigenvalue weighted by Crippen LogP contribution is 2.17. The number of morpholine rings is 1. The Hall–Kier alpha value is -2.05. The Morgan fingerprint density at radius 3 is 2.44 bits per heavy atom. The lowest BCUT2D eigenvalue weighted by Crippen LogP contribution is -2.36. The number of thiophene rings is 1. The van der Waals surface area contributed by atoms with Gasteiger partial charge in [-0.3, -0.25) is 4.99 Å². The molecule has 1 aliphatic heterocycles. The van der Waals surface area contributed by atoms with Crippen molar-refractivity contribution in [2.45, 2.75) is 20.0 Å². The van der Waals surface area contributed by atoms with Crippen LogP contribution in [0.1, 0.15) is 15.3 Å². The molecule has 6 heteroatoms. The highest BCUT2D eigenvalue weighted by molar-refractivity contribution is 7.11. The number of nitrogens with zero attached hydrogens (tertiary/aromatic N) is 2. The summed E-state index contributed by atoms with van der Waals surface area (Å²) in [4.78, 5) is 9.31. The molecule has 0 atom stereocenters. The summed E-state index contributed by atoms with van der Waals surface area (Å²) in [7, 11) is 1.80. The number of benzene rings is 1. The number of rotatable bonds is 5. The van der Waals surface area contributed by atoms with Crippen LogP contribution in [0.2, 0.25) is 0 Å². The zero-order chi connectivity index (χ0) is 17.5. The Labute approximate surface area is 153 Å². The smallest absolute Gasteiger partial charge is 0.191 e. The van der Waals surface area contributed by atoms with Crippen LogP contribution in [-0.2, 0) is 17.8 Å². The lowest BCUT2D eigenvalue weighted by Gasteiger charge is -2.28.